The zero-order valence-corrected chi connectivity index (χ0v) is 10.4. The van der Waals surface area contributed by atoms with Gasteiger partial charge in [0.25, 0.3) is 0 Å². The summed E-state index contributed by atoms with van der Waals surface area (Å²) in [6, 6.07) is 7.14. The summed E-state index contributed by atoms with van der Waals surface area (Å²) in [5.74, 6) is -0.214. The summed E-state index contributed by atoms with van der Waals surface area (Å²) < 4.78 is 5.31. The van der Waals surface area contributed by atoms with Crippen LogP contribution >= 0.6 is 0 Å². The molecule has 0 radical (unpaired) electrons. The zero-order chi connectivity index (χ0) is 12.8. The van der Waals surface area contributed by atoms with E-state index in [2.05, 4.69) is 5.32 Å². The van der Waals surface area contributed by atoms with Crippen LogP contribution in [0.1, 0.15) is 28.8 Å². The number of aromatic carboxylic acids is 1. The number of hydrogen-bond donors (Lipinski definition) is 2. The van der Waals surface area contributed by atoms with E-state index in [4.69, 9.17) is 9.84 Å². The van der Waals surface area contributed by atoms with Crippen LogP contribution in [0.25, 0.3) is 0 Å². The molecule has 0 aromatic heterocycles. The molecule has 1 aromatic carbocycles. The lowest BCUT2D eigenvalue weighted by molar-refractivity contribution is 0.0662. The Bertz CT molecular complexity index is 400. The normalized spacial score (nSPS) is 16.7. The molecule has 1 aliphatic heterocycles. The van der Waals surface area contributed by atoms with Gasteiger partial charge < -0.3 is 15.2 Å². The van der Waals surface area contributed by atoms with Crippen molar-refractivity contribution in [3.8, 4) is 0 Å². The van der Waals surface area contributed by atoms with Gasteiger partial charge in [0, 0.05) is 19.8 Å². The van der Waals surface area contributed by atoms with Crippen LogP contribution in [-0.4, -0.2) is 30.8 Å². The molecule has 2 N–H and O–H groups in total. The molecule has 1 saturated heterocycles. The second kappa shape index (κ2) is 6.52. The number of ether oxygens (including phenoxy) is 1. The van der Waals surface area contributed by atoms with Crippen LogP contribution in [0.5, 0.6) is 0 Å². The van der Waals surface area contributed by atoms with Gasteiger partial charge in [0.2, 0.25) is 0 Å². The monoisotopic (exact) mass is 249 g/mol. The van der Waals surface area contributed by atoms with Gasteiger partial charge in [0.1, 0.15) is 0 Å². The minimum absolute atomic E-state index is 0.386. The van der Waals surface area contributed by atoms with E-state index in [9.17, 15) is 4.79 Å². The average molecular weight is 249 g/mol. The summed E-state index contributed by atoms with van der Waals surface area (Å²) in [6.07, 6.45) is 2.18. The van der Waals surface area contributed by atoms with Crippen molar-refractivity contribution >= 4 is 5.97 Å². The Labute approximate surface area is 107 Å². The molecule has 1 aromatic rings. The van der Waals surface area contributed by atoms with Crippen LogP contribution < -0.4 is 5.32 Å². The molecular formula is C14H19NO3. The molecule has 0 atom stereocenters. The van der Waals surface area contributed by atoms with Gasteiger partial charge >= 0.3 is 5.97 Å². The van der Waals surface area contributed by atoms with Crippen molar-refractivity contribution in [2.45, 2.75) is 19.4 Å². The van der Waals surface area contributed by atoms with Crippen molar-refractivity contribution < 1.29 is 14.6 Å². The van der Waals surface area contributed by atoms with E-state index >= 15 is 0 Å². The first-order valence-electron chi connectivity index (χ1n) is 6.37. The molecule has 1 aliphatic rings. The Morgan fingerprint density at radius 3 is 2.78 bits per heavy atom. The van der Waals surface area contributed by atoms with Gasteiger partial charge in [-0.2, -0.15) is 0 Å². The standard InChI is InChI=1S/C14H19NO3/c16-14(17)13-4-2-1-3-12(13)10-15-9-11-5-7-18-8-6-11/h1-4,11,15H,5-10H2,(H,16,17). The van der Waals surface area contributed by atoms with Crippen molar-refractivity contribution in [2.24, 2.45) is 5.92 Å². The Hall–Kier alpha value is -1.39. The van der Waals surface area contributed by atoms with Gasteiger partial charge in [0.05, 0.1) is 5.56 Å². The maximum absolute atomic E-state index is 11.0. The summed E-state index contributed by atoms with van der Waals surface area (Å²) in [5, 5.41) is 12.4. The fourth-order valence-electron chi connectivity index (χ4n) is 2.24. The molecule has 0 aliphatic carbocycles. The Kier molecular flexibility index (Phi) is 4.73. The fraction of sp³-hybridized carbons (Fsp3) is 0.500. The lowest BCUT2D eigenvalue weighted by atomic mass is 10.00. The van der Waals surface area contributed by atoms with E-state index in [1.54, 1.807) is 12.1 Å². The highest BCUT2D eigenvalue weighted by atomic mass is 16.5. The van der Waals surface area contributed by atoms with E-state index in [0.29, 0.717) is 18.0 Å². The maximum Gasteiger partial charge on any atom is 0.336 e. The molecule has 4 heteroatoms. The van der Waals surface area contributed by atoms with Gasteiger partial charge in [-0.05, 0) is 36.9 Å². The third-order valence-electron chi connectivity index (χ3n) is 3.34. The fourth-order valence-corrected chi connectivity index (χ4v) is 2.24. The number of rotatable bonds is 5. The quantitative estimate of drug-likeness (QED) is 0.836. The largest absolute Gasteiger partial charge is 0.478 e. The number of hydrogen-bond acceptors (Lipinski definition) is 3. The summed E-state index contributed by atoms with van der Waals surface area (Å²) in [7, 11) is 0. The predicted octanol–water partition coefficient (Wildman–Crippen LogP) is 1.90. The van der Waals surface area contributed by atoms with E-state index in [-0.39, 0.29) is 0 Å². The second-order valence-electron chi connectivity index (χ2n) is 4.65. The lowest BCUT2D eigenvalue weighted by Gasteiger charge is -2.22. The number of carbonyl (C=O) groups is 1. The van der Waals surface area contributed by atoms with Crippen molar-refractivity contribution in [1.82, 2.24) is 5.32 Å². The van der Waals surface area contributed by atoms with Gasteiger partial charge in [0.15, 0.2) is 0 Å². The van der Waals surface area contributed by atoms with E-state index in [1.165, 1.54) is 0 Å². The Morgan fingerprint density at radius 1 is 1.33 bits per heavy atom. The molecule has 98 valence electrons. The van der Waals surface area contributed by atoms with Gasteiger partial charge in [-0.3, -0.25) is 0 Å². The predicted molar refractivity (Wildman–Crippen MR) is 68.7 cm³/mol. The summed E-state index contributed by atoms with van der Waals surface area (Å²) >= 11 is 0. The van der Waals surface area contributed by atoms with Gasteiger partial charge in [-0.1, -0.05) is 18.2 Å². The van der Waals surface area contributed by atoms with Crippen molar-refractivity contribution in [2.75, 3.05) is 19.8 Å². The van der Waals surface area contributed by atoms with Gasteiger partial charge in [-0.15, -0.1) is 0 Å². The minimum Gasteiger partial charge on any atom is -0.478 e. The smallest absolute Gasteiger partial charge is 0.336 e. The SMILES string of the molecule is O=C(O)c1ccccc1CNCC1CCOCC1. The number of benzene rings is 1. The molecule has 0 amide bonds. The lowest BCUT2D eigenvalue weighted by Crippen LogP contribution is -2.27. The zero-order valence-electron chi connectivity index (χ0n) is 10.4. The summed E-state index contributed by atoms with van der Waals surface area (Å²) in [6.45, 7) is 3.23. The maximum atomic E-state index is 11.0. The highest BCUT2D eigenvalue weighted by Crippen LogP contribution is 2.14. The van der Waals surface area contributed by atoms with Crippen LogP contribution in [0.3, 0.4) is 0 Å². The van der Waals surface area contributed by atoms with Crippen LogP contribution in [-0.2, 0) is 11.3 Å². The van der Waals surface area contributed by atoms with Crippen LogP contribution in [0, 0.1) is 5.92 Å². The number of carboxylic acid groups (broad SMARTS) is 1. The molecule has 1 fully saturated rings. The first-order chi connectivity index (χ1) is 8.77. The summed E-state index contributed by atoms with van der Waals surface area (Å²) in [5.41, 5.74) is 1.23. The van der Waals surface area contributed by atoms with Crippen molar-refractivity contribution in [1.29, 1.82) is 0 Å². The third-order valence-corrected chi connectivity index (χ3v) is 3.34. The average Bonchev–Trinajstić information content (AvgIpc) is 2.40. The number of carboxylic acids is 1. The van der Waals surface area contributed by atoms with Crippen molar-refractivity contribution in [3.05, 3.63) is 35.4 Å². The van der Waals surface area contributed by atoms with E-state index < -0.39 is 5.97 Å². The van der Waals surface area contributed by atoms with Crippen LogP contribution in [0.4, 0.5) is 0 Å². The molecule has 0 unspecified atom stereocenters. The van der Waals surface area contributed by atoms with Gasteiger partial charge in [-0.25, -0.2) is 4.79 Å². The third kappa shape index (κ3) is 3.55. The minimum atomic E-state index is -0.863. The van der Waals surface area contributed by atoms with E-state index in [0.717, 1.165) is 38.2 Å². The Morgan fingerprint density at radius 2 is 2.06 bits per heavy atom. The topological polar surface area (TPSA) is 58.6 Å². The highest BCUT2D eigenvalue weighted by molar-refractivity contribution is 5.89. The first kappa shape index (κ1) is 13.1. The highest BCUT2D eigenvalue weighted by Gasteiger charge is 2.14. The van der Waals surface area contributed by atoms with Crippen molar-refractivity contribution in [3.63, 3.8) is 0 Å². The van der Waals surface area contributed by atoms with E-state index in [1.807, 2.05) is 12.1 Å². The molecule has 1 heterocycles. The summed E-state index contributed by atoms with van der Waals surface area (Å²) in [4.78, 5) is 11.0. The molecule has 0 spiro atoms. The molecule has 0 bridgehead atoms. The molecule has 4 nitrogen and oxygen atoms in total. The molecular weight excluding hydrogens is 230 g/mol. The Balaban J connectivity index is 1.84. The molecule has 0 saturated carbocycles. The van der Waals surface area contributed by atoms with Crippen LogP contribution in [0.15, 0.2) is 24.3 Å². The second-order valence-corrected chi connectivity index (χ2v) is 4.65. The molecule has 2 rings (SSSR count). The molecule has 18 heavy (non-hydrogen) atoms. The number of nitrogens with one attached hydrogen (secondary N) is 1. The first-order valence-corrected chi connectivity index (χ1v) is 6.37. The van der Waals surface area contributed by atoms with Crippen LogP contribution in [0.2, 0.25) is 0 Å².